The zero-order valence-corrected chi connectivity index (χ0v) is 11.3. The van der Waals surface area contributed by atoms with Crippen molar-refractivity contribution in [2.24, 2.45) is 0 Å². The zero-order chi connectivity index (χ0) is 16.7. The van der Waals surface area contributed by atoms with E-state index in [2.05, 4.69) is 0 Å². The molecule has 1 aromatic carbocycles. The van der Waals surface area contributed by atoms with E-state index in [9.17, 15) is 19.2 Å². The van der Waals surface area contributed by atoms with Crippen LogP contribution in [0.1, 0.15) is 10.4 Å². The maximum absolute atomic E-state index is 10.8. The molecular weight excluding hydrogens is 298 g/mol. The molecule has 0 heterocycles. The Kier molecular flexibility index (Phi) is 5.87. The number of benzene rings is 1. The van der Waals surface area contributed by atoms with Gasteiger partial charge in [0.25, 0.3) is 0 Å². The van der Waals surface area contributed by atoms with Gasteiger partial charge < -0.3 is 25.0 Å². The van der Waals surface area contributed by atoms with Crippen LogP contribution in [0, 0.1) is 0 Å². The molecule has 0 aliphatic rings. The van der Waals surface area contributed by atoms with Crippen molar-refractivity contribution in [3.63, 3.8) is 0 Å². The van der Waals surface area contributed by atoms with Crippen molar-refractivity contribution >= 4 is 29.9 Å². The van der Waals surface area contributed by atoms with Crippen molar-refractivity contribution in [1.29, 1.82) is 0 Å². The molecule has 0 fully saturated rings. The maximum Gasteiger partial charge on any atom is 0.341 e. The predicted molar refractivity (Wildman–Crippen MR) is 72.4 cm³/mol. The molecule has 3 N–H and O–H groups in total. The monoisotopic (exact) mass is 311 g/mol. The Morgan fingerprint density at radius 1 is 1.05 bits per heavy atom. The van der Waals surface area contributed by atoms with Crippen LogP contribution < -0.4 is 9.64 Å². The molecule has 22 heavy (non-hydrogen) atoms. The number of carboxylic acids is 3. The lowest BCUT2D eigenvalue weighted by Gasteiger charge is -2.23. The Labute approximate surface area is 124 Å². The summed E-state index contributed by atoms with van der Waals surface area (Å²) in [5.41, 5.74) is 0.242. The van der Waals surface area contributed by atoms with Crippen molar-refractivity contribution in [2.45, 2.75) is 0 Å². The van der Waals surface area contributed by atoms with Crippen LogP contribution in [0.25, 0.3) is 0 Å². The van der Waals surface area contributed by atoms with Crippen LogP contribution in [0.4, 0.5) is 5.69 Å². The molecule has 0 atom stereocenters. The lowest BCUT2D eigenvalue weighted by Crippen LogP contribution is -2.34. The van der Waals surface area contributed by atoms with E-state index in [1.54, 1.807) is 0 Å². The van der Waals surface area contributed by atoms with Gasteiger partial charge in [-0.25, -0.2) is 4.79 Å². The summed E-state index contributed by atoms with van der Waals surface area (Å²) in [7, 11) is 0. The Morgan fingerprint density at radius 3 is 2.09 bits per heavy atom. The third-order valence-corrected chi connectivity index (χ3v) is 2.46. The van der Waals surface area contributed by atoms with E-state index in [1.165, 1.54) is 18.2 Å². The Morgan fingerprint density at radius 2 is 1.64 bits per heavy atom. The number of carboxylic acid groups (broad SMARTS) is 3. The van der Waals surface area contributed by atoms with Gasteiger partial charge in [-0.05, 0) is 18.2 Å². The molecule has 0 amide bonds. The standard InChI is InChI=1S/C13H13NO8/c15-6-8-1-2-9(10(3-8)22-7-13(20)21)14(4-11(16)17)5-12(18)19/h1-3,6H,4-5,7H2,(H,16,17)(H,18,19)(H,20,21). The largest absolute Gasteiger partial charge is 0.480 e. The van der Waals surface area contributed by atoms with Crippen molar-refractivity contribution in [3.8, 4) is 5.75 Å². The molecule has 9 heteroatoms. The Hall–Kier alpha value is -3.10. The second kappa shape index (κ2) is 7.62. The number of carbonyl (C=O) groups is 4. The van der Waals surface area contributed by atoms with E-state index in [1.807, 2.05) is 0 Å². The molecule has 1 rings (SSSR count). The summed E-state index contributed by atoms with van der Waals surface area (Å²) in [6.45, 7) is -1.98. The van der Waals surface area contributed by atoms with Crippen LogP contribution in [-0.2, 0) is 14.4 Å². The summed E-state index contributed by atoms with van der Waals surface area (Å²) in [4.78, 5) is 44.0. The van der Waals surface area contributed by atoms with Crippen LogP contribution in [0.3, 0.4) is 0 Å². The molecule has 0 bridgehead atoms. The average Bonchev–Trinajstić information content (AvgIpc) is 2.43. The molecule has 0 aliphatic heterocycles. The highest BCUT2D eigenvalue weighted by Crippen LogP contribution is 2.29. The highest BCUT2D eigenvalue weighted by Gasteiger charge is 2.19. The molecule has 0 unspecified atom stereocenters. The Bertz CT molecular complexity index is 582. The molecular formula is C13H13NO8. The zero-order valence-electron chi connectivity index (χ0n) is 11.3. The number of anilines is 1. The normalized spacial score (nSPS) is 9.82. The number of nitrogens with zero attached hydrogens (tertiary/aromatic N) is 1. The molecule has 0 saturated heterocycles. The fourth-order valence-corrected chi connectivity index (χ4v) is 1.67. The summed E-state index contributed by atoms with van der Waals surface area (Å²) < 4.78 is 5.00. The minimum Gasteiger partial charge on any atom is -0.480 e. The van der Waals surface area contributed by atoms with Crippen LogP contribution in [0.15, 0.2) is 18.2 Å². The molecule has 118 valence electrons. The molecule has 1 aromatic rings. The third kappa shape index (κ3) is 5.12. The third-order valence-electron chi connectivity index (χ3n) is 2.46. The number of hydrogen-bond acceptors (Lipinski definition) is 6. The summed E-state index contributed by atoms with van der Waals surface area (Å²) in [6.07, 6.45) is 0.496. The molecule has 0 aromatic heterocycles. The van der Waals surface area contributed by atoms with Gasteiger partial charge in [-0.15, -0.1) is 0 Å². The number of aldehydes is 1. The molecule has 9 nitrogen and oxygen atoms in total. The maximum atomic E-state index is 10.8. The SMILES string of the molecule is O=Cc1ccc(N(CC(=O)O)CC(=O)O)c(OCC(=O)O)c1. The smallest absolute Gasteiger partial charge is 0.341 e. The number of aliphatic carboxylic acids is 3. The van der Waals surface area contributed by atoms with E-state index in [4.69, 9.17) is 20.1 Å². The van der Waals surface area contributed by atoms with Gasteiger partial charge in [0.1, 0.15) is 25.1 Å². The lowest BCUT2D eigenvalue weighted by atomic mass is 10.2. The molecule has 0 radical (unpaired) electrons. The number of rotatable bonds is 9. The first-order valence-electron chi connectivity index (χ1n) is 5.96. The van der Waals surface area contributed by atoms with Gasteiger partial charge in [0, 0.05) is 5.56 Å². The van der Waals surface area contributed by atoms with Crippen LogP contribution >= 0.6 is 0 Å². The van der Waals surface area contributed by atoms with Gasteiger partial charge >= 0.3 is 17.9 Å². The summed E-state index contributed by atoms with van der Waals surface area (Å²) >= 11 is 0. The number of carbonyl (C=O) groups excluding carboxylic acids is 1. The number of hydrogen-bond donors (Lipinski definition) is 3. The van der Waals surface area contributed by atoms with Crippen LogP contribution in [-0.4, -0.2) is 59.2 Å². The fourth-order valence-electron chi connectivity index (χ4n) is 1.67. The quantitative estimate of drug-likeness (QED) is 0.534. The summed E-state index contributed by atoms with van der Waals surface area (Å²) in [5, 5.41) is 26.3. The summed E-state index contributed by atoms with van der Waals surface area (Å²) in [5.74, 6) is -3.91. The first kappa shape index (κ1) is 17.0. The van der Waals surface area contributed by atoms with E-state index in [0.29, 0.717) is 6.29 Å². The van der Waals surface area contributed by atoms with E-state index < -0.39 is 37.6 Å². The minimum absolute atomic E-state index is 0.0663. The number of ether oxygens (including phenoxy) is 1. The van der Waals surface area contributed by atoms with E-state index in [0.717, 1.165) is 4.90 Å². The second-order valence-corrected chi connectivity index (χ2v) is 4.17. The first-order chi connectivity index (χ1) is 10.3. The molecule has 0 spiro atoms. The highest BCUT2D eigenvalue weighted by atomic mass is 16.5. The molecule has 0 aliphatic carbocycles. The lowest BCUT2D eigenvalue weighted by molar-refractivity contribution is -0.140. The van der Waals surface area contributed by atoms with E-state index in [-0.39, 0.29) is 17.0 Å². The minimum atomic E-state index is -1.27. The average molecular weight is 311 g/mol. The van der Waals surface area contributed by atoms with Gasteiger partial charge in [0.2, 0.25) is 0 Å². The predicted octanol–water partition coefficient (Wildman–Crippen LogP) is -0.0619. The van der Waals surface area contributed by atoms with Crippen LogP contribution in [0.2, 0.25) is 0 Å². The van der Waals surface area contributed by atoms with Gasteiger partial charge in [0.15, 0.2) is 6.61 Å². The van der Waals surface area contributed by atoms with Gasteiger partial charge in [-0.3, -0.25) is 14.4 Å². The molecule has 0 saturated carbocycles. The Balaban J connectivity index is 3.20. The van der Waals surface area contributed by atoms with Crippen molar-refractivity contribution in [2.75, 3.05) is 24.6 Å². The fraction of sp³-hybridized carbons (Fsp3) is 0.231. The van der Waals surface area contributed by atoms with Gasteiger partial charge in [-0.2, -0.15) is 0 Å². The first-order valence-corrected chi connectivity index (χ1v) is 5.96. The van der Waals surface area contributed by atoms with Gasteiger partial charge in [0.05, 0.1) is 5.69 Å². The van der Waals surface area contributed by atoms with Gasteiger partial charge in [-0.1, -0.05) is 0 Å². The van der Waals surface area contributed by atoms with Crippen LogP contribution in [0.5, 0.6) is 5.75 Å². The summed E-state index contributed by atoms with van der Waals surface area (Å²) in [6, 6.07) is 3.85. The van der Waals surface area contributed by atoms with Crippen molar-refractivity contribution in [1.82, 2.24) is 0 Å². The highest BCUT2D eigenvalue weighted by molar-refractivity contribution is 5.83. The van der Waals surface area contributed by atoms with Crippen molar-refractivity contribution in [3.05, 3.63) is 23.8 Å². The topological polar surface area (TPSA) is 141 Å². The van der Waals surface area contributed by atoms with E-state index >= 15 is 0 Å². The second-order valence-electron chi connectivity index (χ2n) is 4.17. The van der Waals surface area contributed by atoms with Crippen molar-refractivity contribution < 1.29 is 39.2 Å².